The van der Waals surface area contributed by atoms with Crippen LogP contribution in [0.15, 0.2) is 42.2 Å². The van der Waals surface area contributed by atoms with Crippen LogP contribution in [-0.2, 0) is 4.74 Å². The fraction of sp³-hybridized carbons (Fsp3) is 0.565. The molecule has 1 nitrogen and oxygen atoms in total. The number of hydrogen-bond donors (Lipinski definition) is 0. The van der Waals surface area contributed by atoms with Crippen LogP contribution in [0.5, 0.6) is 0 Å². The number of alkyl halides is 3. The molecule has 2 aliphatic rings. The molecule has 0 aromatic heterocycles. The van der Waals surface area contributed by atoms with E-state index in [9.17, 15) is 13.2 Å². The highest BCUT2D eigenvalue weighted by Crippen LogP contribution is 2.48. The second-order valence-electron chi connectivity index (χ2n) is 8.00. The molecule has 2 unspecified atom stereocenters. The predicted molar refractivity (Wildman–Crippen MR) is 104 cm³/mol. The van der Waals surface area contributed by atoms with Crippen LogP contribution >= 0.6 is 0 Å². The van der Waals surface area contributed by atoms with E-state index in [1.165, 1.54) is 36.4 Å². The van der Waals surface area contributed by atoms with Gasteiger partial charge in [-0.2, -0.15) is 0 Å². The first-order valence-corrected chi connectivity index (χ1v) is 10.3. The third kappa shape index (κ3) is 4.57. The van der Waals surface area contributed by atoms with Crippen molar-refractivity contribution in [1.82, 2.24) is 0 Å². The molecule has 0 heterocycles. The first-order chi connectivity index (χ1) is 13.9. The van der Waals surface area contributed by atoms with Gasteiger partial charge in [0.2, 0.25) is 0 Å². The zero-order chi connectivity index (χ0) is 21.0. The Morgan fingerprint density at radius 3 is 2.41 bits per heavy atom. The molecule has 0 amide bonds. The topological polar surface area (TPSA) is 9.23 Å². The van der Waals surface area contributed by atoms with E-state index in [1.807, 2.05) is 0 Å². The van der Waals surface area contributed by atoms with Crippen LogP contribution in [0.1, 0.15) is 51.0 Å². The van der Waals surface area contributed by atoms with Crippen molar-refractivity contribution >= 4 is 5.57 Å². The molecule has 3 rings (SSSR count). The maximum Gasteiger partial charge on any atom is 0.261 e. The summed E-state index contributed by atoms with van der Waals surface area (Å²) in [5.74, 6) is -1.73. The van der Waals surface area contributed by atoms with E-state index in [2.05, 4.69) is 6.92 Å². The van der Waals surface area contributed by atoms with Crippen molar-refractivity contribution in [2.75, 3.05) is 6.61 Å². The zero-order valence-corrected chi connectivity index (χ0v) is 16.5. The third-order valence-electron chi connectivity index (χ3n) is 6.19. The largest absolute Gasteiger partial charge is 0.361 e. The van der Waals surface area contributed by atoms with E-state index in [0.717, 1.165) is 25.7 Å². The summed E-state index contributed by atoms with van der Waals surface area (Å²) in [6.07, 6.45) is 2.55. The first-order valence-electron chi connectivity index (χ1n) is 10.3. The van der Waals surface area contributed by atoms with Gasteiger partial charge in [0.15, 0.2) is 6.17 Å². The van der Waals surface area contributed by atoms with Crippen molar-refractivity contribution in [3.05, 3.63) is 53.6 Å². The monoisotopic (exact) mass is 414 g/mol. The molecule has 2 aliphatic carbocycles. The summed E-state index contributed by atoms with van der Waals surface area (Å²) in [7, 11) is 0. The van der Waals surface area contributed by atoms with Crippen LogP contribution in [0.2, 0.25) is 0 Å². The number of rotatable bonds is 7. The van der Waals surface area contributed by atoms with Crippen LogP contribution in [0.4, 0.5) is 22.0 Å². The Hall–Kier alpha value is -1.69. The van der Waals surface area contributed by atoms with Gasteiger partial charge in [-0.3, -0.25) is 0 Å². The standard InChI is InChI=1S/C23H27F5O/c1-2-5-15-8-10-16(11-9-15)23(29-14-20(25)26)13-12-18(21(27)22(23)28)17-6-3-4-7-19(17)24/h3-4,6-7,12-13,15-16,20,22H,2,5,8-11,14H2,1H3. The maximum atomic E-state index is 15.5. The van der Waals surface area contributed by atoms with Gasteiger partial charge in [-0.15, -0.1) is 0 Å². The van der Waals surface area contributed by atoms with Crippen LogP contribution in [0.3, 0.4) is 0 Å². The van der Waals surface area contributed by atoms with Gasteiger partial charge < -0.3 is 4.74 Å². The van der Waals surface area contributed by atoms with Crippen molar-refractivity contribution in [2.24, 2.45) is 11.8 Å². The van der Waals surface area contributed by atoms with E-state index in [1.54, 1.807) is 0 Å². The number of halogens is 5. The van der Waals surface area contributed by atoms with E-state index in [-0.39, 0.29) is 11.1 Å². The number of benzene rings is 1. The molecular formula is C23H27F5O. The van der Waals surface area contributed by atoms with Gasteiger partial charge in [-0.1, -0.05) is 56.9 Å². The number of hydrogen-bond acceptors (Lipinski definition) is 1. The van der Waals surface area contributed by atoms with E-state index in [4.69, 9.17) is 4.74 Å². The first kappa shape index (κ1) is 22.0. The van der Waals surface area contributed by atoms with Gasteiger partial charge in [0.25, 0.3) is 6.43 Å². The lowest BCUT2D eigenvalue weighted by Crippen LogP contribution is -2.51. The lowest BCUT2D eigenvalue weighted by atomic mass is 9.68. The van der Waals surface area contributed by atoms with Gasteiger partial charge in [0, 0.05) is 11.1 Å². The molecule has 29 heavy (non-hydrogen) atoms. The van der Waals surface area contributed by atoms with Crippen LogP contribution < -0.4 is 0 Å². The summed E-state index contributed by atoms with van der Waals surface area (Å²) in [5.41, 5.74) is -2.04. The molecule has 0 radical (unpaired) electrons. The Labute approximate surface area is 168 Å². The quantitative estimate of drug-likeness (QED) is 0.435. The zero-order valence-electron chi connectivity index (χ0n) is 16.5. The molecule has 0 saturated heterocycles. The smallest absolute Gasteiger partial charge is 0.261 e. The van der Waals surface area contributed by atoms with Gasteiger partial charge >= 0.3 is 0 Å². The third-order valence-corrected chi connectivity index (χ3v) is 6.19. The highest BCUT2D eigenvalue weighted by molar-refractivity contribution is 5.78. The predicted octanol–water partition coefficient (Wildman–Crippen LogP) is 7.04. The molecule has 1 aromatic carbocycles. The summed E-state index contributed by atoms with van der Waals surface area (Å²) in [5, 5.41) is 0. The number of ether oxygens (including phenoxy) is 1. The molecule has 160 valence electrons. The Morgan fingerprint density at radius 1 is 1.10 bits per heavy atom. The van der Waals surface area contributed by atoms with Gasteiger partial charge in [-0.25, -0.2) is 22.0 Å². The fourth-order valence-electron chi connectivity index (χ4n) is 4.71. The summed E-state index contributed by atoms with van der Waals surface area (Å²) in [6, 6.07) is 5.52. The summed E-state index contributed by atoms with van der Waals surface area (Å²) in [4.78, 5) is 0. The van der Waals surface area contributed by atoms with E-state index in [0.29, 0.717) is 18.8 Å². The summed E-state index contributed by atoms with van der Waals surface area (Å²) < 4.78 is 75.8. The summed E-state index contributed by atoms with van der Waals surface area (Å²) in [6.45, 7) is 1.13. The maximum absolute atomic E-state index is 15.5. The molecule has 0 bridgehead atoms. The molecule has 0 aliphatic heterocycles. The average molecular weight is 414 g/mol. The Balaban J connectivity index is 1.90. The second-order valence-corrected chi connectivity index (χ2v) is 8.00. The van der Waals surface area contributed by atoms with Crippen LogP contribution in [0.25, 0.3) is 5.57 Å². The lowest BCUT2D eigenvalue weighted by molar-refractivity contribution is -0.132. The van der Waals surface area contributed by atoms with Crippen molar-refractivity contribution in [1.29, 1.82) is 0 Å². The van der Waals surface area contributed by atoms with Crippen molar-refractivity contribution < 1.29 is 26.7 Å². The molecule has 1 aromatic rings. The van der Waals surface area contributed by atoms with Gasteiger partial charge in [0.05, 0.1) is 0 Å². The van der Waals surface area contributed by atoms with Crippen molar-refractivity contribution in [3.8, 4) is 0 Å². The lowest BCUT2D eigenvalue weighted by Gasteiger charge is -2.45. The minimum atomic E-state index is -2.79. The van der Waals surface area contributed by atoms with Gasteiger partial charge in [0.1, 0.15) is 23.9 Å². The minimum absolute atomic E-state index is 0.0574. The SMILES string of the molecule is CCCC1CCC(C2(OCC(F)F)C=CC(c3ccccc3F)=C(F)C2F)CC1. The summed E-state index contributed by atoms with van der Waals surface area (Å²) >= 11 is 0. The van der Waals surface area contributed by atoms with Crippen LogP contribution in [0, 0.1) is 17.7 Å². The fourth-order valence-corrected chi connectivity index (χ4v) is 4.71. The molecule has 6 heteroatoms. The second kappa shape index (κ2) is 9.41. The van der Waals surface area contributed by atoms with Crippen molar-refractivity contribution in [3.63, 3.8) is 0 Å². The Kier molecular flexibility index (Phi) is 7.14. The highest BCUT2D eigenvalue weighted by atomic mass is 19.3. The Bertz CT molecular complexity index is 751. The highest BCUT2D eigenvalue weighted by Gasteiger charge is 2.51. The normalized spacial score (nSPS) is 30.2. The molecule has 0 spiro atoms. The van der Waals surface area contributed by atoms with E-state index >= 15 is 8.78 Å². The molecule has 1 fully saturated rings. The Morgan fingerprint density at radius 2 is 1.79 bits per heavy atom. The molecular weight excluding hydrogens is 387 g/mol. The average Bonchev–Trinajstić information content (AvgIpc) is 2.71. The van der Waals surface area contributed by atoms with Gasteiger partial charge in [-0.05, 0) is 36.8 Å². The van der Waals surface area contributed by atoms with Crippen LogP contribution in [-0.4, -0.2) is 24.8 Å². The minimum Gasteiger partial charge on any atom is -0.361 e. The molecule has 0 N–H and O–H groups in total. The van der Waals surface area contributed by atoms with E-state index < -0.39 is 42.4 Å². The number of allylic oxidation sites excluding steroid dienone is 2. The molecule has 2 atom stereocenters. The van der Waals surface area contributed by atoms with Crippen molar-refractivity contribution in [2.45, 2.75) is 63.6 Å². The molecule has 1 saturated carbocycles.